The SMILES string of the molecule is Cc1c(-c2sc(-c3c(-c4ccccc4)cccc3-c3ccccc3)c(C)c2C)sc(-c2c(-c3ccccc3)cccc2-c2ccccc2)c1C. The van der Waals surface area contributed by atoms with Crippen LogP contribution in [0.2, 0.25) is 0 Å². The summed E-state index contributed by atoms with van der Waals surface area (Å²) in [7, 11) is 0. The highest BCUT2D eigenvalue weighted by atomic mass is 32.1. The Balaban J connectivity index is 1.35. The van der Waals surface area contributed by atoms with E-state index in [1.54, 1.807) is 0 Å². The van der Waals surface area contributed by atoms with Gasteiger partial charge < -0.3 is 0 Å². The Labute approximate surface area is 304 Å². The summed E-state index contributed by atoms with van der Waals surface area (Å²) in [6.45, 7) is 9.27. The van der Waals surface area contributed by atoms with Gasteiger partial charge in [-0.1, -0.05) is 158 Å². The molecule has 6 aromatic carbocycles. The average Bonchev–Trinajstić information content (AvgIpc) is 3.64. The molecular formula is C48H38S2. The van der Waals surface area contributed by atoms with Crippen molar-refractivity contribution in [2.75, 3.05) is 0 Å². The van der Waals surface area contributed by atoms with E-state index < -0.39 is 0 Å². The Bertz CT molecular complexity index is 2140. The lowest BCUT2D eigenvalue weighted by atomic mass is 9.89. The minimum atomic E-state index is 1.24. The van der Waals surface area contributed by atoms with Crippen molar-refractivity contribution in [1.29, 1.82) is 0 Å². The van der Waals surface area contributed by atoms with E-state index in [0.717, 1.165) is 0 Å². The highest BCUT2D eigenvalue weighted by Crippen LogP contribution is 2.53. The maximum absolute atomic E-state index is 2.32. The lowest BCUT2D eigenvalue weighted by molar-refractivity contribution is 1.38. The van der Waals surface area contributed by atoms with Crippen molar-refractivity contribution in [2.45, 2.75) is 27.7 Å². The molecule has 2 heteroatoms. The Kier molecular flexibility index (Phi) is 8.66. The van der Waals surface area contributed by atoms with Gasteiger partial charge in [-0.15, -0.1) is 22.7 Å². The van der Waals surface area contributed by atoms with E-state index >= 15 is 0 Å². The monoisotopic (exact) mass is 678 g/mol. The van der Waals surface area contributed by atoms with Crippen molar-refractivity contribution in [2.24, 2.45) is 0 Å². The van der Waals surface area contributed by atoms with Gasteiger partial charge in [0.1, 0.15) is 0 Å². The lowest BCUT2D eigenvalue weighted by Gasteiger charge is -2.16. The molecule has 0 aliphatic carbocycles. The molecule has 0 atom stereocenters. The van der Waals surface area contributed by atoms with Crippen LogP contribution >= 0.6 is 22.7 Å². The van der Waals surface area contributed by atoms with Gasteiger partial charge in [-0.2, -0.15) is 0 Å². The molecule has 0 amide bonds. The maximum atomic E-state index is 2.32. The van der Waals surface area contributed by atoms with Gasteiger partial charge in [-0.3, -0.25) is 0 Å². The van der Waals surface area contributed by atoms with Gasteiger partial charge in [0.15, 0.2) is 0 Å². The normalized spacial score (nSPS) is 11.2. The first kappa shape index (κ1) is 32.0. The highest BCUT2D eigenvalue weighted by molar-refractivity contribution is 7.26. The molecule has 0 N–H and O–H groups in total. The second kappa shape index (κ2) is 13.6. The van der Waals surface area contributed by atoms with E-state index in [-0.39, 0.29) is 0 Å². The molecule has 8 aromatic rings. The number of benzene rings is 6. The van der Waals surface area contributed by atoms with Crippen molar-refractivity contribution in [3.05, 3.63) is 180 Å². The number of thiophene rings is 2. The maximum Gasteiger partial charge on any atom is 0.0484 e. The summed E-state index contributed by atoms with van der Waals surface area (Å²) in [6, 6.07) is 57.0. The Hall–Kier alpha value is -5.28. The van der Waals surface area contributed by atoms with Gasteiger partial charge in [-0.05, 0) is 94.5 Å². The molecule has 0 aliphatic heterocycles. The number of hydrogen-bond acceptors (Lipinski definition) is 2. The lowest BCUT2D eigenvalue weighted by Crippen LogP contribution is -1.90. The zero-order chi connectivity index (χ0) is 34.2. The van der Waals surface area contributed by atoms with Crippen LogP contribution in [0, 0.1) is 27.7 Å². The van der Waals surface area contributed by atoms with E-state index in [9.17, 15) is 0 Å². The van der Waals surface area contributed by atoms with E-state index in [1.165, 1.54) is 97.4 Å². The van der Waals surface area contributed by atoms with Crippen molar-refractivity contribution < 1.29 is 0 Å². The van der Waals surface area contributed by atoms with E-state index in [2.05, 4.69) is 185 Å². The largest absolute Gasteiger partial charge is 0.134 e. The molecule has 2 heterocycles. The smallest absolute Gasteiger partial charge is 0.0484 e. The Morgan fingerprint density at radius 1 is 0.260 bits per heavy atom. The third kappa shape index (κ3) is 5.65. The number of hydrogen-bond donors (Lipinski definition) is 0. The molecule has 0 saturated carbocycles. The molecule has 8 rings (SSSR count). The Morgan fingerprint density at radius 3 is 0.760 bits per heavy atom. The predicted octanol–water partition coefficient (Wildman–Crippen LogP) is 14.7. The second-order valence-electron chi connectivity index (χ2n) is 12.9. The van der Waals surface area contributed by atoms with Crippen LogP contribution in [-0.2, 0) is 0 Å². The van der Waals surface area contributed by atoms with Gasteiger partial charge in [-0.25, -0.2) is 0 Å². The fourth-order valence-corrected chi connectivity index (χ4v) is 10.1. The zero-order valence-corrected chi connectivity index (χ0v) is 30.5. The molecule has 242 valence electrons. The Morgan fingerprint density at radius 2 is 0.500 bits per heavy atom. The summed E-state index contributed by atoms with van der Waals surface area (Å²) in [4.78, 5) is 5.43. The van der Waals surface area contributed by atoms with Gasteiger partial charge in [0, 0.05) is 30.6 Å². The third-order valence-electron chi connectivity index (χ3n) is 10.0. The summed E-state index contributed by atoms with van der Waals surface area (Å²) in [5, 5.41) is 0. The van der Waals surface area contributed by atoms with Crippen molar-refractivity contribution >= 4 is 22.7 Å². The van der Waals surface area contributed by atoms with Crippen molar-refractivity contribution in [1.82, 2.24) is 0 Å². The standard InChI is InChI=1S/C48H38S2/c1-31-33(3)47(49-45(31)43-39(35-19-9-5-10-20-35)27-17-28-40(43)36-21-11-6-12-22-36)48-34(4)32(2)46(50-48)44-41(37-23-13-7-14-24-37)29-18-30-42(44)38-25-15-8-16-26-38/h5-30H,1-4H3. The second-order valence-corrected chi connectivity index (χ2v) is 15.0. The van der Waals surface area contributed by atoms with Crippen LogP contribution in [0.25, 0.3) is 75.1 Å². The quantitative estimate of drug-likeness (QED) is 0.157. The molecule has 0 nitrogen and oxygen atoms in total. The highest BCUT2D eigenvalue weighted by Gasteiger charge is 2.26. The van der Waals surface area contributed by atoms with Crippen LogP contribution < -0.4 is 0 Å². The predicted molar refractivity (Wildman–Crippen MR) is 219 cm³/mol. The van der Waals surface area contributed by atoms with Crippen molar-refractivity contribution in [3.63, 3.8) is 0 Å². The first-order chi connectivity index (χ1) is 24.5. The first-order valence-corrected chi connectivity index (χ1v) is 18.8. The molecule has 0 aliphatic rings. The fourth-order valence-electron chi connectivity index (χ4n) is 7.13. The van der Waals surface area contributed by atoms with Crippen LogP contribution in [0.4, 0.5) is 0 Å². The summed E-state index contributed by atoms with van der Waals surface area (Å²) in [6.07, 6.45) is 0. The molecule has 0 unspecified atom stereocenters. The van der Waals surface area contributed by atoms with E-state index in [1.807, 2.05) is 22.7 Å². The van der Waals surface area contributed by atoms with E-state index in [0.29, 0.717) is 0 Å². The summed E-state index contributed by atoms with van der Waals surface area (Å²) < 4.78 is 0. The molecule has 0 bridgehead atoms. The number of rotatable bonds is 7. The molecule has 0 radical (unpaired) electrons. The molecule has 2 aromatic heterocycles. The van der Waals surface area contributed by atoms with Gasteiger partial charge in [0.2, 0.25) is 0 Å². The van der Waals surface area contributed by atoms with Crippen LogP contribution in [0.3, 0.4) is 0 Å². The van der Waals surface area contributed by atoms with E-state index in [4.69, 9.17) is 0 Å². The molecule has 0 saturated heterocycles. The fraction of sp³-hybridized carbons (Fsp3) is 0.0833. The topological polar surface area (TPSA) is 0 Å². The minimum absolute atomic E-state index is 1.24. The molecule has 50 heavy (non-hydrogen) atoms. The van der Waals surface area contributed by atoms with Crippen LogP contribution in [0.15, 0.2) is 158 Å². The average molecular weight is 679 g/mol. The summed E-state index contributed by atoms with van der Waals surface area (Å²) in [5.74, 6) is 0. The third-order valence-corrected chi connectivity index (χ3v) is 13.0. The van der Waals surface area contributed by atoms with Crippen LogP contribution in [0.5, 0.6) is 0 Å². The van der Waals surface area contributed by atoms with Gasteiger partial charge in [0.05, 0.1) is 0 Å². The first-order valence-electron chi connectivity index (χ1n) is 17.2. The molecule has 0 fully saturated rings. The van der Waals surface area contributed by atoms with Crippen LogP contribution in [0.1, 0.15) is 22.3 Å². The molecular weight excluding hydrogens is 641 g/mol. The summed E-state index contributed by atoms with van der Waals surface area (Å²) >= 11 is 3.91. The zero-order valence-electron chi connectivity index (χ0n) is 28.8. The molecule has 0 spiro atoms. The summed E-state index contributed by atoms with van der Waals surface area (Å²) in [5.41, 5.74) is 18.1. The van der Waals surface area contributed by atoms with Crippen molar-refractivity contribution in [3.8, 4) is 75.1 Å². The van der Waals surface area contributed by atoms with Gasteiger partial charge >= 0.3 is 0 Å². The van der Waals surface area contributed by atoms with Gasteiger partial charge in [0.25, 0.3) is 0 Å². The minimum Gasteiger partial charge on any atom is -0.134 e. The van der Waals surface area contributed by atoms with Crippen LogP contribution in [-0.4, -0.2) is 0 Å².